The van der Waals surface area contributed by atoms with Gasteiger partial charge in [-0.25, -0.2) is 4.98 Å². The van der Waals surface area contributed by atoms with Crippen LogP contribution in [0.4, 0.5) is 11.8 Å². The third-order valence-electron chi connectivity index (χ3n) is 5.88. The van der Waals surface area contributed by atoms with Gasteiger partial charge in [-0.15, -0.1) is 0 Å². The molecule has 4 rings (SSSR count). The number of hydrogen-bond donors (Lipinski definition) is 2. The third kappa shape index (κ3) is 3.42. The zero-order valence-electron chi connectivity index (χ0n) is 14.6. The molecule has 136 valence electrons. The van der Waals surface area contributed by atoms with Crippen molar-refractivity contribution in [2.45, 2.75) is 63.0 Å². The number of hydrogen-bond acceptors (Lipinski definition) is 6. The molecule has 0 aromatic carbocycles. The maximum atomic E-state index is 12.7. The van der Waals surface area contributed by atoms with Gasteiger partial charge in [0.25, 0.3) is 0 Å². The summed E-state index contributed by atoms with van der Waals surface area (Å²) in [5.74, 6) is 1.42. The maximum absolute atomic E-state index is 12.7. The smallest absolute Gasteiger partial charge is 0.242 e. The van der Waals surface area contributed by atoms with Crippen molar-refractivity contribution in [2.24, 2.45) is 0 Å². The highest BCUT2D eigenvalue weighted by Crippen LogP contribution is 2.37. The van der Waals surface area contributed by atoms with Crippen LogP contribution >= 0.6 is 0 Å². The Morgan fingerprint density at radius 3 is 2.56 bits per heavy atom. The molecule has 0 bridgehead atoms. The molecular weight excluding hydrogens is 318 g/mol. The highest BCUT2D eigenvalue weighted by Gasteiger charge is 2.33. The van der Waals surface area contributed by atoms with E-state index in [9.17, 15) is 9.90 Å². The molecule has 25 heavy (non-hydrogen) atoms. The first-order valence-electron chi connectivity index (χ1n) is 9.47. The molecule has 0 unspecified atom stereocenters. The maximum Gasteiger partial charge on any atom is 0.242 e. The van der Waals surface area contributed by atoms with Crippen molar-refractivity contribution in [1.82, 2.24) is 14.9 Å². The first-order chi connectivity index (χ1) is 12.1. The van der Waals surface area contributed by atoms with E-state index < -0.39 is 0 Å². The van der Waals surface area contributed by atoms with Gasteiger partial charge in [0.05, 0.1) is 18.3 Å². The second kappa shape index (κ2) is 6.78. The fourth-order valence-electron chi connectivity index (χ4n) is 4.33. The van der Waals surface area contributed by atoms with E-state index >= 15 is 0 Å². The average Bonchev–Trinajstić information content (AvgIpc) is 2.59. The third-order valence-corrected chi connectivity index (χ3v) is 5.88. The number of nitrogen functional groups attached to an aromatic ring is 1. The van der Waals surface area contributed by atoms with Gasteiger partial charge >= 0.3 is 0 Å². The van der Waals surface area contributed by atoms with Gasteiger partial charge in [-0.05, 0) is 25.7 Å². The van der Waals surface area contributed by atoms with Gasteiger partial charge in [0.1, 0.15) is 5.82 Å². The van der Waals surface area contributed by atoms with E-state index in [0.717, 1.165) is 50.3 Å². The first kappa shape index (κ1) is 16.6. The predicted molar refractivity (Wildman–Crippen MR) is 95.2 cm³/mol. The number of nitrogens with zero attached hydrogens (tertiary/aromatic N) is 4. The zero-order valence-corrected chi connectivity index (χ0v) is 14.6. The second-order valence-corrected chi connectivity index (χ2v) is 7.63. The molecule has 3 aliphatic rings. The van der Waals surface area contributed by atoms with Crippen LogP contribution in [0.15, 0.2) is 6.07 Å². The van der Waals surface area contributed by atoms with E-state index in [0.29, 0.717) is 12.6 Å². The monoisotopic (exact) mass is 345 g/mol. The highest BCUT2D eigenvalue weighted by atomic mass is 16.3. The Kier molecular flexibility index (Phi) is 4.50. The molecule has 1 aromatic heterocycles. The molecule has 7 heteroatoms. The SMILES string of the molecule is Nc1nc(C2CC(O)C2)cc(N2CCN(C3CCCCC3)C(=O)C2)n1. The van der Waals surface area contributed by atoms with Gasteiger partial charge in [-0.1, -0.05) is 19.3 Å². The van der Waals surface area contributed by atoms with Gasteiger partial charge < -0.3 is 20.6 Å². The van der Waals surface area contributed by atoms with Crippen molar-refractivity contribution in [3.05, 3.63) is 11.8 Å². The molecule has 0 spiro atoms. The molecule has 7 nitrogen and oxygen atoms in total. The molecule has 1 amide bonds. The van der Waals surface area contributed by atoms with E-state index in [1.165, 1.54) is 19.3 Å². The molecule has 3 fully saturated rings. The van der Waals surface area contributed by atoms with Crippen LogP contribution in [0, 0.1) is 0 Å². The first-order valence-corrected chi connectivity index (χ1v) is 9.47. The standard InChI is InChI=1S/C18H27N5O2/c19-18-20-15(12-8-14(24)9-12)10-16(21-18)22-6-7-23(17(25)11-22)13-4-2-1-3-5-13/h10,12-14,24H,1-9,11H2,(H2,19,20,21). The minimum Gasteiger partial charge on any atom is -0.393 e. The number of carbonyl (C=O) groups excluding carboxylic acids is 1. The highest BCUT2D eigenvalue weighted by molar-refractivity contribution is 5.82. The minimum absolute atomic E-state index is 0.191. The summed E-state index contributed by atoms with van der Waals surface area (Å²) in [4.78, 5) is 25.4. The van der Waals surface area contributed by atoms with Gasteiger partial charge in [0, 0.05) is 31.1 Å². The van der Waals surface area contributed by atoms with Crippen molar-refractivity contribution in [3.63, 3.8) is 0 Å². The topological polar surface area (TPSA) is 95.6 Å². The molecule has 1 saturated heterocycles. The number of piperazine rings is 1. The summed E-state index contributed by atoms with van der Waals surface area (Å²) in [6.07, 6.45) is 7.26. The molecule has 1 aliphatic heterocycles. The summed E-state index contributed by atoms with van der Waals surface area (Å²) in [5, 5.41) is 9.52. The molecule has 2 aliphatic carbocycles. The molecule has 0 radical (unpaired) electrons. The van der Waals surface area contributed by atoms with E-state index in [1.54, 1.807) is 0 Å². The Hall–Kier alpha value is -1.89. The van der Waals surface area contributed by atoms with Crippen LogP contribution in [0.5, 0.6) is 0 Å². The Morgan fingerprint density at radius 1 is 1.12 bits per heavy atom. The van der Waals surface area contributed by atoms with Crippen LogP contribution in [0.25, 0.3) is 0 Å². The summed E-state index contributed by atoms with van der Waals surface area (Å²) >= 11 is 0. The average molecular weight is 345 g/mol. The molecule has 0 atom stereocenters. The minimum atomic E-state index is -0.231. The van der Waals surface area contributed by atoms with Crippen LogP contribution in [0.1, 0.15) is 56.6 Å². The summed E-state index contributed by atoms with van der Waals surface area (Å²) < 4.78 is 0. The second-order valence-electron chi connectivity index (χ2n) is 7.63. The van der Waals surface area contributed by atoms with Crippen LogP contribution < -0.4 is 10.6 Å². The summed E-state index contributed by atoms with van der Waals surface area (Å²) in [6.45, 7) is 1.90. The summed E-state index contributed by atoms with van der Waals surface area (Å²) in [6, 6.07) is 2.36. The lowest BCUT2D eigenvalue weighted by molar-refractivity contribution is -0.134. The Morgan fingerprint density at radius 2 is 1.88 bits per heavy atom. The molecular formula is C18H27N5O2. The van der Waals surface area contributed by atoms with Crippen molar-refractivity contribution < 1.29 is 9.90 Å². The van der Waals surface area contributed by atoms with E-state index in [-0.39, 0.29) is 23.9 Å². The van der Waals surface area contributed by atoms with E-state index in [4.69, 9.17) is 5.73 Å². The molecule has 1 aromatic rings. The molecule has 3 N–H and O–H groups in total. The number of nitrogens with two attached hydrogens (primary N) is 1. The summed E-state index contributed by atoms with van der Waals surface area (Å²) in [5.41, 5.74) is 6.77. The lowest BCUT2D eigenvalue weighted by atomic mass is 9.80. The van der Waals surface area contributed by atoms with Crippen LogP contribution in [0.3, 0.4) is 0 Å². The number of carbonyl (C=O) groups is 1. The van der Waals surface area contributed by atoms with Crippen molar-refractivity contribution in [3.8, 4) is 0 Å². The number of aliphatic hydroxyl groups excluding tert-OH is 1. The fraction of sp³-hybridized carbons (Fsp3) is 0.722. The summed E-state index contributed by atoms with van der Waals surface area (Å²) in [7, 11) is 0. The number of amides is 1. The van der Waals surface area contributed by atoms with Crippen LogP contribution in [-0.2, 0) is 4.79 Å². The van der Waals surface area contributed by atoms with Crippen LogP contribution in [-0.4, -0.2) is 57.7 Å². The molecule has 2 heterocycles. The van der Waals surface area contributed by atoms with Gasteiger partial charge in [-0.3, -0.25) is 4.79 Å². The number of anilines is 2. The van der Waals surface area contributed by atoms with E-state index in [1.807, 2.05) is 11.0 Å². The predicted octanol–water partition coefficient (Wildman–Crippen LogP) is 1.28. The Labute approximate surface area is 148 Å². The normalized spacial score (nSPS) is 28.1. The van der Waals surface area contributed by atoms with Gasteiger partial charge in [-0.2, -0.15) is 4.98 Å². The van der Waals surface area contributed by atoms with Crippen LogP contribution in [0.2, 0.25) is 0 Å². The van der Waals surface area contributed by atoms with Crippen molar-refractivity contribution in [1.29, 1.82) is 0 Å². The Bertz CT molecular complexity index is 640. The number of aliphatic hydroxyl groups is 1. The fourth-order valence-corrected chi connectivity index (χ4v) is 4.33. The largest absolute Gasteiger partial charge is 0.393 e. The van der Waals surface area contributed by atoms with E-state index in [2.05, 4.69) is 14.9 Å². The lowest BCUT2D eigenvalue weighted by Gasteiger charge is -2.41. The van der Waals surface area contributed by atoms with Crippen molar-refractivity contribution in [2.75, 3.05) is 30.3 Å². The van der Waals surface area contributed by atoms with Gasteiger partial charge in [0.2, 0.25) is 11.9 Å². The lowest BCUT2D eigenvalue weighted by Crippen LogP contribution is -2.54. The Balaban J connectivity index is 1.45. The molecule has 2 saturated carbocycles. The van der Waals surface area contributed by atoms with Gasteiger partial charge in [0.15, 0.2) is 0 Å². The van der Waals surface area contributed by atoms with Crippen molar-refractivity contribution >= 4 is 17.7 Å². The zero-order chi connectivity index (χ0) is 17.4. The number of rotatable bonds is 3. The number of aromatic nitrogens is 2. The quantitative estimate of drug-likeness (QED) is 0.857.